The molecule has 1 heterocycles. The third-order valence-corrected chi connectivity index (χ3v) is 3.27. The maximum Gasteiger partial charge on any atom is 0.242 e. The van der Waals surface area contributed by atoms with E-state index in [1.165, 1.54) is 9.80 Å². The fraction of sp³-hybridized carbons (Fsp3) is 0.333. The molecule has 0 bridgehead atoms. The Balaban J connectivity index is 2.13. The van der Waals surface area contributed by atoms with Crippen molar-refractivity contribution >= 4 is 29.1 Å². The maximum absolute atomic E-state index is 11.8. The molecule has 0 radical (unpaired) electrons. The highest BCUT2D eigenvalue weighted by atomic mass is 35.5. The van der Waals surface area contributed by atoms with Gasteiger partial charge in [0.05, 0.1) is 6.54 Å². The van der Waals surface area contributed by atoms with Crippen molar-refractivity contribution in [2.24, 2.45) is 0 Å². The molecular formula is C12H14ClN3O2. The monoisotopic (exact) mass is 267 g/mol. The lowest BCUT2D eigenvalue weighted by atomic mass is 10.1. The van der Waals surface area contributed by atoms with E-state index in [9.17, 15) is 9.59 Å². The minimum atomic E-state index is -0.0787. The van der Waals surface area contributed by atoms with Crippen molar-refractivity contribution in [3.05, 3.63) is 28.8 Å². The van der Waals surface area contributed by atoms with Gasteiger partial charge in [-0.15, -0.1) is 0 Å². The Hall–Kier alpha value is -1.75. The lowest BCUT2D eigenvalue weighted by molar-refractivity contribution is -0.149. The molecule has 1 saturated heterocycles. The molecule has 18 heavy (non-hydrogen) atoms. The number of nitrogens with zero attached hydrogens (tertiary/aromatic N) is 2. The summed E-state index contributed by atoms with van der Waals surface area (Å²) >= 11 is 6.05. The number of anilines is 1. The van der Waals surface area contributed by atoms with Crippen LogP contribution in [0.3, 0.4) is 0 Å². The van der Waals surface area contributed by atoms with Crippen LogP contribution in [0.25, 0.3) is 0 Å². The first-order valence-corrected chi connectivity index (χ1v) is 5.91. The van der Waals surface area contributed by atoms with Gasteiger partial charge in [0.2, 0.25) is 11.8 Å². The molecule has 6 heteroatoms. The zero-order valence-corrected chi connectivity index (χ0v) is 10.8. The van der Waals surface area contributed by atoms with Gasteiger partial charge < -0.3 is 15.5 Å². The fourth-order valence-electron chi connectivity index (χ4n) is 1.80. The number of rotatable bonds is 2. The molecule has 1 fully saturated rings. The van der Waals surface area contributed by atoms with E-state index in [0.717, 1.165) is 5.56 Å². The van der Waals surface area contributed by atoms with Gasteiger partial charge in [-0.3, -0.25) is 9.59 Å². The first-order valence-electron chi connectivity index (χ1n) is 5.53. The third kappa shape index (κ3) is 2.56. The summed E-state index contributed by atoms with van der Waals surface area (Å²) in [6, 6.07) is 5.14. The SMILES string of the molecule is CN1CC(=O)N(Cc2ccc(N)cc2Cl)CC1=O. The first-order chi connectivity index (χ1) is 8.47. The maximum atomic E-state index is 11.8. The second-order valence-corrected chi connectivity index (χ2v) is 4.76. The van der Waals surface area contributed by atoms with Gasteiger partial charge in [-0.05, 0) is 17.7 Å². The van der Waals surface area contributed by atoms with E-state index < -0.39 is 0 Å². The van der Waals surface area contributed by atoms with Crippen molar-refractivity contribution in [3.63, 3.8) is 0 Å². The number of piperazine rings is 1. The standard InChI is InChI=1S/C12H14ClN3O2/c1-15-6-12(18)16(7-11(15)17)5-8-2-3-9(14)4-10(8)13/h2-4H,5-7,14H2,1H3. The molecule has 0 unspecified atom stereocenters. The van der Waals surface area contributed by atoms with E-state index in [1.54, 1.807) is 25.2 Å². The second kappa shape index (κ2) is 4.86. The number of nitrogen functional groups attached to an aromatic ring is 1. The van der Waals surface area contributed by atoms with Crippen molar-refractivity contribution in [1.29, 1.82) is 0 Å². The average Bonchev–Trinajstić information content (AvgIpc) is 2.29. The number of amides is 2. The minimum absolute atomic E-state index is 0.0684. The van der Waals surface area contributed by atoms with E-state index in [0.29, 0.717) is 17.3 Å². The molecule has 1 aromatic carbocycles. The Morgan fingerprint density at radius 2 is 2.00 bits per heavy atom. The van der Waals surface area contributed by atoms with E-state index in [-0.39, 0.29) is 24.9 Å². The number of hydrogen-bond donors (Lipinski definition) is 1. The Morgan fingerprint density at radius 3 is 2.67 bits per heavy atom. The Kier molecular flexibility index (Phi) is 3.43. The summed E-state index contributed by atoms with van der Waals surface area (Å²) in [6.07, 6.45) is 0. The van der Waals surface area contributed by atoms with Gasteiger partial charge in [-0.2, -0.15) is 0 Å². The van der Waals surface area contributed by atoms with Gasteiger partial charge in [0.1, 0.15) is 6.54 Å². The highest BCUT2D eigenvalue weighted by Crippen LogP contribution is 2.21. The lowest BCUT2D eigenvalue weighted by Crippen LogP contribution is -2.51. The highest BCUT2D eigenvalue weighted by molar-refractivity contribution is 6.31. The molecule has 2 rings (SSSR count). The molecule has 2 N–H and O–H groups in total. The highest BCUT2D eigenvalue weighted by Gasteiger charge is 2.27. The number of halogens is 1. The van der Waals surface area contributed by atoms with Crippen LogP contribution in [0, 0.1) is 0 Å². The van der Waals surface area contributed by atoms with Crippen LogP contribution >= 0.6 is 11.6 Å². The van der Waals surface area contributed by atoms with Gasteiger partial charge in [0.15, 0.2) is 0 Å². The number of hydrogen-bond acceptors (Lipinski definition) is 3. The molecule has 0 aliphatic carbocycles. The number of carbonyl (C=O) groups is 2. The van der Waals surface area contributed by atoms with Crippen LogP contribution in [0.15, 0.2) is 18.2 Å². The summed E-state index contributed by atoms with van der Waals surface area (Å²) in [7, 11) is 1.62. The number of carbonyl (C=O) groups excluding carboxylic acids is 2. The largest absolute Gasteiger partial charge is 0.399 e. The average molecular weight is 268 g/mol. The van der Waals surface area contributed by atoms with Crippen LogP contribution in [-0.4, -0.2) is 41.8 Å². The van der Waals surface area contributed by atoms with Crippen molar-refractivity contribution in [1.82, 2.24) is 9.80 Å². The van der Waals surface area contributed by atoms with Crippen molar-refractivity contribution in [2.75, 3.05) is 25.9 Å². The molecule has 0 spiro atoms. The van der Waals surface area contributed by atoms with Crippen molar-refractivity contribution < 1.29 is 9.59 Å². The van der Waals surface area contributed by atoms with Crippen molar-refractivity contribution in [2.45, 2.75) is 6.54 Å². The van der Waals surface area contributed by atoms with Crippen LogP contribution in [0.4, 0.5) is 5.69 Å². The van der Waals surface area contributed by atoms with E-state index >= 15 is 0 Å². The Bertz CT molecular complexity index is 504. The predicted octanol–water partition coefficient (Wildman–Crippen LogP) is 0.723. The van der Waals surface area contributed by atoms with Gasteiger partial charge in [-0.1, -0.05) is 17.7 Å². The van der Waals surface area contributed by atoms with Gasteiger partial charge in [0, 0.05) is 24.3 Å². The third-order valence-electron chi connectivity index (χ3n) is 2.92. The first kappa shape index (κ1) is 12.7. The van der Waals surface area contributed by atoms with E-state index in [4.69, 9.17) is 17.3 Å². The molecule has 96 valence electrons. The minimum Gasteiger partial charge on any atom is -0.399 e. The summed E-state index contributed by atoms with van der Waals surface area (Å²) in [5.74, 6) is -0.147. The fourth-order valence-corrected chi connectivity index (χ4v) is 2.05. The quantitative estimate of drug-likeness (QED) is 0.803. The van der Waals surface area contributed by atoms with E-state index in [1.807, 2.05) is 0 Å². The number of nitrogens with two attached hydrogens (primary N) is 1. The number of likely N-dealkylation sites (N-methyl/N-ethyl adjacent to an activating group) is 1. The van der Waals surface area contributed by atoms with Crippen molar-refractivity contribution in [3.8, 4) is 0 Å². The molecule has 1 aliphatic heterocycles. The molecule has 5 nitrogen and oxygen atoms in total. The topological polar surface area (TPSA) is 66.6 Å². The Labute approximate surface area is 110 Å². The van der Waals surface area contributed by atoms with Crippen LogP contribution in [-0.2, 0) is 16.1 Å². The Morgan fingerprint density at radius 1 is 1.28 bits per heavy atom. The van der Waals surface area contributed by atoms with E-state index in [2.05, 4.69) is 0 Å². The van der Waals surface area contributed by atoms with Gasteiger partial charge >= 0.3 is 0 Å². The summed E-state index contributed by atoms with van der Waals surface area (Å²) in [4.78, 5) is 26.3. The summed E-state index contributed by atoms with van der Waals surface area (Å²) in [5, 5.41) is 0.508. The molecule has 1 aliphatic rings. The van der Waals surface area contributed by atoms with Crippen LogP contribution in [0.5, 0.6) is 0 Å². The smallest absolute Gasteiger partial charge is 0.242 e. The molecule has 0 aromatic heterocycles. The second-order valence-electron chi connectivity index (χ2n) is 4.35. The molecule has 2 amide bonds. The normalized spacial score (nSPS) is 16.3. The zero-order valence-electron chi connectivity index (χ0n) is 10.0. The molecule has 0 atom stereocenters. The summed E-state index contributed by atoms with van der Waals surface area (Å²) in [5.41, 5.74) is 6.96. The molecular weight excluding hydrogens is 254 g/mol. The molecule has 0 saturated carbocycles. The van der Waals surface area contributed by atoms with Crippen LogP contribution in [0.1, 0.15) is 5.56 Å². The summed E-state index contributed by atoms with van der Waals surface area (Å²) in [6.45, 7) is 0.541. The number of benzene rings is 1. The zero-order chi connectivity index (χ0) is 13.3. The van der Waals surface area contributed by atoms with Crippen LogP contribution < -0.4 is 5.73 Å². The van der Waals surface area contributed by atoms with Gasteiger partial charge in [-0.25, -0.2) is 0 Å². The molecule has 1 aromatic rings. The van der Waals surface area contributed by atoms with Gasteiger partial charge in [0.25, 0.3) is 0 Å². The predicted molar refractivity (Wildman–Crippen MR) is 68.9 cm³/mol. The lowest BCUT2D eigenvalue weighted by Gasteiger charge is -2.31. The summed E-state index contributed by atoms with van der Waals surface area (Å²) < 4.78 is 0. The van der Waals surface area contributed by atoms with Crippen LogP contribution in [0.2, 0.25) is 5.02 Å².